The number of ether oxygens (including phenoxy) is 1. The van der Waals surface area contributed by atoms with Crippen molar-refractivity contribution in [3.05, 3.63) is 22.4 Å². The van der Waals surface area contributed by atoms with Crippen molar-refractivity contribution in [3.8, 4) is 0 Å². The Morgan fingerprint density at radius 3 is 3.11 bits per heavy atom. The second-order valence-corrected chi connectivity index (χ2v) is 5.97. The largest absolute Gasteiger partial charge is 0.381 e. The summed E-state index contributed by atoms with van der Waals surface area (Å²) in [6.07, 6.45) is 3.43. The molecule has 0 radical (unpaired) electrons. The van der Waals surface area contributed by atoms with Gasteiger partial charge in [0.1, 0.15) is 0 Å². The van der Waals surface area contributed by atoms with Crippen LogP contribution in [0.5, 0.6) is 0 Å². The number of aryl methyl sites for hydroxylation is 1. The molecule has 106 valence electrons. The summed E-state index contributed by atoms with van der Waals surface area (Å²) >= 11 is 1.71. The Morgan fingerprint density at radius 2 is 2.47 bits per heavy atom. The van der Waals surface area contributed by atoms with E-state index in [2.05, 4.69) is 6.07 Å². The molecule has 1 aromatic rings. The average Bonchev–Trinajstić information content (AvgIpc) is 2.97. The third kappa shape index (κ3) is 3.78. The molecule has 1 saturated heterocycles. The van der Waals surface area contributed by atoms with Gasteiger partial charge in [0.05, 0.1) is 6.10 Å². The van der Waals surface area contributed by atoms with Gasteiger partial charge in [0.15, 0.2) is 0 Å². The predicted octanol–water partition coefficient (Wildman–Crippen LogP) is 1.65. The fraction of sp³-hybridized carbons (Fsp3) is 0.643. The molecule has 0 saturated carbocycles. The van der Waals surface area contributed by atoms with Gasteiger partial charge in [-0.3, -0.25) is 4.79 Å². The average molecular weight is 282 g/mol. The lowest BCUT2D eigenvalue weighted by Gasteiger charge is -2.38. The van der Waals surface area contributed by atoms with E-state index < -0.39 is 0 Å². The lowest BCUT2D eigenvalue weighted by Crippen LogP contribution is -2.51. The Kier molecular flexibility index (Phi) is 5.36. The van der Waals surface area contributed by atoms with Crippen LogP contribution < -0.4 is 5.73 Å². The Bertz CT molecular complexity index is 394. The van der Waals surface area contributed by atoms with Crippen LogP contribution in [0.1, 0.15) is 24.1 Å². The molecule has 4 nitrogen and oxygen atoms in total. The van der Waals surface area contributed by atoms with Gasteiger partial charge in [-0.15, -0.1) is 11.3 Å². The maximum atomic E-state index is 12.3. The highest BCUT2D eigenvalue weighted by atomic mass is 32.1. The zero-order valence-corrected chi connectivity index (χ0v) is 12.2. The van der Waals surface area contributed by atoms with Crippen LogP contribution in [0.4, 0.5) is 0 Å². The van der Waals surface area contributed by atoms with E-state index in [1.807, 2.05) is 16.3 Å². The summed E-state index contributed by atoms with van der Waals surface area (Å²) in [6, 6.07) is 4.24. The van der Waals surface area contributed by atoms with Gasteiger partial charge in [-0.25, -0.2) is 0 Å². The monoisotopic (exact) mass is 282 g/mol. The number of hydrogen-bond donors (Lipinski definition) is 1. The van der Waals surface area contributed by atoms with Gasteiger partial charge in [0.25, 0.3) is 0 Å². The molecular formula is C14H22N2O2S. The van der Waals surface area contributed by atoms with Crippen LogP contribution in [0.2, 0.25) is 0 Å². The molecule has 2 heterocycles. The lowest BCUT2D eigenvalue weighted by atomic mass is 9.98. The summed E-state index contributed by atoms with van der Waals surface area (Å²) in [6.45, 7) is 1.29. The lowest BCUT2D eigenvalue weighted by molar-refractivity contribution is -0.136. The SMILES string of the molecule is COC1CCN(C(=O)CCc2cccs2)C(CN)C1. The van der Waals surface area contributed by atoms with Gasteiger partial charge >= 0.3 is 0 Å². The van der Waals surface area contributed by atoms with Crippen molar-refractivity contribution in [2.75, 3.05) is 20.2 Å². The molecule has 0 bridgehead atoms. The molecule has 1 aromatic heterocycles. The first-order valence-electron chi connectivity index (χ1n) is 6.79. The first-order valence-corrected chi connectivity index (χ1v) is 7.67. The molecule has 0 aromatic carbocycles. The molecule has 2 unspecified atom stereocenters. The molecule has 0 aliphatic carbocycles. The first-order chi connectivity index (χ1) is 9.24. The minimum atomic E-state index is 0.134. The molecule has 1 aliphatic heterocycles. The third-order valence-electron chi connectivity index (χ3n) is 3.76. The molecule has 5 heteroatoms. The maximum Gasteiger partial charge on any atom is 0.223 e. The van der Waals surface area contributed by atoms with Gasteiger partial charge in [0, 0.05) is 37.5 Å². The normalized spacial score (nSPS) is 23.6. The van der Waals surface area contributed by atoms with Gasteiger partial charge in [-0.1, -0.05) is 6.07 Å². The number of nitrogens with two attached hydrogens (primary N) is 1. The van der Waals surface area contributed by atoms with E-state index in [4.69, 9.17) is 10.5 Å². The van der Waals surface area contributed by atoms with E-state index in [-0.39, 0.29) is 18.1 Å². The molecule has 1 fully saturated rings. The molecule has 2 rings (SSSR count). The molecular weight excluding hydrogens is 260 g/mol. The zero-order valence-electron chi connectivity index (χ0n) is 11.4. The predicted molar refractivity (Wildman–Crippen MR) is 77.2 cm³/mol. The van der Waals surface area contributed by atoms with Crippen LogP contribution in [0.15, 0.2) is 17.5 Å². The Balaban J connectivity index is 1.87. The standard InChI is InChI=1S/C14H22N2O2S/c1-18-12-6-7-16(11(9-12)10-15)14(17)5-4-13-3-2-8-19-13/h2-3,8,11-12H,4-7,9-10,15H2,1H3. The number of rotatable bonds is 5. The van der Waals surface area contributed by atoms with Crippen molar-refractivity contribution in [3.63, 3.8) is 0 Å². The van der Waals surface area contributed by atoms with Crippen molar-refractivity contribution in [2.24, 2.45) is 5.73 Å². The summed E-state index contributed by atoms with van der Waals surface area (Å²) in [5.41, 5.74) is 5.79. The van der Waals surface area contributed by atoms with E-state index in [1.165, 1.54) is 4.88 Å². The zero-order chi connectivity index (χ0) is 13.7. The van der Waals surface area contributed by atoms with Gasteiger partial charge in [-0.05, 0) is 30.7 Å². The molecule has 2 N–H and O–H groups in total. The van der Waals surface area contributed by atoms with Crippen LogP contribution in [0.3, 0.4) is 0 Å². The topological polar surface area (TPSA) is 55.6 Å². The fourth-order valence-corrected chi connectivity index (χ4v) is 3.32. The highest BCUT2D eigenvalue weighted by Crippen LogP contribution is 2.21. The summed E-state index contributed by atoms with van der Waals surface area (Å²) in [5.74, 6) is 0.221. The van der Waals surface area contributed by atoms with Crippen LogP contribution in [-0.2, 0) is 16.0 Å². The number of likely N-dealkylation sites (tertiary alicyclic amines) is 1. The van der Waals surface area contributed by atoms with Crippen molar-refractivity contribution < 1.29 is 9.53 Å². The van der Waals surface area contributed by atoms with E-state index in [9.17, 15) is 4.79 Å². The van der Waals surface area contributed by atoms with Crippen molar-refractivity contribution in [1.82, 2.24) is 4.90 Å². The number of methoxy groups -OCH3 is 1. The number of thiophene rings is 1. The molecule has 2 atom stereocenters. The fourth-order valence-electron chi connectivity index (χ4n) is 2.61. The summed E-state index contributed by atoms with van der Waals surface area (Å²) < 4.78 is 5.38. The second kappa shape index (κ2) is 7.03. The quantitative estimate of drug-likeness (QED) is 0.893. The van der Waals surface area contributed by atoms with E-state index in [0.29, 0.717) is 13.0 Å². The highest BCUT2D eigenvalue weighted by molar-refractivity contribution is 7.09. The van der Waals surface area contributed by atoms with Crippen molar-refractivity contribution in [1.29, 1.82) is 0 Å². The first kappa shape index (κ1) is 14.5. The number of amides is 1. The summed E-state index contributed by atoms with van der Waals surface area (Å²) in [7, 11) is 1.73. The molecule has 19 heavy (non-hydrogen) atoms. The van der Waals surface area contributed by atoms with E-state index >= 15 is 0 Å². The summed E-state index contributed by atoms with van der Waals surface area (Å²) in [4.78, 5) is 15.5. The van der Waals surface area contributed by atoms with E-state index in [0.717, 1.165) is 25.8 Å². The van der Waals surface area contributed by atoms with Gasteiger partial charge in [0.2, 0.25) is 5.91 Å². The Morgan fingerprint density at radius 1 is 1.63 bits per heavy atom. The van der Waals surface area contributed by atoms with E-state index in [1.54, 1.807) is 18.4 Å². The number of nitrogens with zero attached hydrogens (tertiary/aromatic N) is 1. The number of carbonyl (C=O) groups excluding carboxylic acids is 1. The Labute approximate surface area is 118 Å². The van der Waals surface area contributed by atoms with Crippen LogP contribution in [-0.4, -0.2) is 43.2 Å². The molecule has 0 spiro atoms. The second-order valence-electron chi connectivity index (χ2n) is 4.94. The van der Waals surface area contributed by atoms with Crippen molar-refractivity contribution in [2.45, 2.75) is 37.8 Å². The van der Waals surface area contributed by atoms with Gasteiger partial charge in [-0.2, -0.15) is 0 Å². The minimum absolute atomic E-state index is 0.134. The summed E-state index contributed by atoms with van der Waals surface area (Å²) in [5, 5.41) is 2.05. The Hall–Kier alpha value is -0.910. The number of piperidine rings is 1. The minimum Gasteiger partial charge on any atom is -0.381 e. The third-order valence-corrected chi connectivity index (χ3v) is 4.70. The maximum absolute atomic E-state index is 12.3. The molecule has 1 amide bonds. The smallest absolute Gasteiger partial charge is 0.223 e. The van der Waals surface area contributed by atoms with Gasteiger partial charge < -0.3 is 15.4 Å². The van der Waals surface area contributed by atoms with Crippen LogP contribution in [0, 0.1) is 0 Å². The van der Waals surface area contributed by atoms with Crippen LogP contribution in [0.25, 0.3) is 0 Å². The number of carbonyl (C=O) groups is 1. The number of hydrogen-bond acceptors (Lipinski definition) is 4. The highest BCUT2D eigenvalue weighted by Gasteiger charge is 2.30. The molecule has 1 aliphatic rings. The van der Waals surface area contributed by atoms with Crippen molar-refractivity contribution >= 4 is 17.2 Å². The van der Waals surface area contributed by atoms with Crippen LogP contribution >= 0.6 is 11.3 Å².